The standard InChI is InChI=1S/C11H12N2O3/c1-2-16-10(14)5-7-13-11(15)9-4-3-6-12-8-9/h3-8H,2H2,1H3,(H,13,15)/b7-5-. The van der Waals surface area contributed by atoms with Crippen LogP contribution in [0.2, 0.25) is 0 Å². The van der Waals surface area contributed by atoms with Gasteiger partial charge in [0, 0.05) is 24.7 Å². The van der Waals surface area contributed by atoms with Crippen molar-refractivity contribution in [1.82, 2.24) is 10.3 Å². The molecule has 0 aliphatic rings. The van der Waals surface area contributed by atoms with Gasteiger partial charge in [-0.1, -0.05) is 0 Å². The number of ether oxygens (including phenoxy) is 1. The largest absolute Gasteiger partial charge is 0.463 e. The Morgan fingerprint density at radius 2 is 2.38 bits per heavy atom. The van der Waals surface area contributed by atoms with Crippen molar-refractivity contribution >= 4 is 11.9 Å². The maximum absolute atomic E-state index is 11.4. The summed E-state index contributed by atoms with van der Waals surface area (Å²) in [6.07, 6.45) is 5.41. The van der Waals surface area contributed by atoms with E-state index in [1.807, 2.05) is 0 Å². The van der Waals surface area contributed by atoms with Crippen LogP contribution in [0.1, 0.15) is 17.3 Å². The van der Waals surface area contributed by atoms with Crippen LogP contribution in [0, 0.1) is 0 Å². The molecule has 0 aliphatic carbocycles. The van der Waals surface area contributed by atoms with E-state index < -0.39 is 5.97 Å². The van der Waals surface area contributed by atoms with Gasteiger partial charge < -0.3 is 10.1 Å². The molecule has 1 N–H and O–H groups in total. The first-order chi connectivity index (χ1) is 7.74. The topological polar surface area (TPSA) is 68.3 Å². The van der Waals surface area contributed by atoms with Crippen LogP contribution in [0.5, 0.6) is 0 Å². The average Bonchev–Trinajstić information content (AvgIpc) is 2.30. The van der Waals surface area contributed by atoms with Gasteiger partial charge in [0.15, 0.2) is 0 Å². The molecule has 0 saturated heterocycles. The summed E-state index contributed by atoms with van der Waals surface area (Å²) in [4.78, 5) is 26.1. The number of carbonyl (C=O) groups excluding carboxylic acids is 2. The summed E-state index contributed by atoms with van der Waals surface area (Å²) in [5.74, 6) is -0.817. The summed E-state index contributed by atoms with van der Waals surface area (Å²) in [5, 5.41) is 2.43. The lowest BCUT2D eigenvalue weighted by atomic mass is 10.3. The van der Waals surface area contributed by atoms with E-state index in [9.17, 15) is 9.59 Å². The SMILES string of the molecule is CCOC(=O)/C=C\NC(=O)c1cccnc1. The lowest BCUT2D eigenvalue weighted by Crippen LogP contribution is -2.17. The van der Waals surface area contributed by atoms with Crippen LogP contribution in [0.3, 0.4) is 0 Å². The molecule has 84 valence electrons. The lowest BCUT2D eigenvalue weighted by molar-refractivity contribution is -0.137. The molecule has 1 aromatic heterocycles. The van der Waals surface area contributed by atoms with E-state index in [1.165, 1.54) is 12.4 Å². The normalized spacial score (nSPS) is 10.1. The van der Waals surface area contributed by atoms with Gasteiger partial charge in [0.2, 0.25) is 0 Å². The van der Waals surface area contributed by atoms with E-state index in [4.69, 9.17) is 0 Å². The van der Waals surface area contributed by atoms with E-state index >= 15 is 0 Å². The molecule has 5 nitrogen and oxygen atoms in total. The molecular formula is C11H12N2O3. The monoisotopic (exact) mass is 220 g/mol. The molecule has 1 rings (SSSR count). The molecule has 5 heteroatoms. The Morgan fingerprint density at radius 3 is 3.00 bits per heavy atom. The van der Waals surface area contributed by atoms with E-state index in [0.717, 1.165) is 6.08 Å². The summed E-state index contributed by atoms with van der Waals surface area (Å²) in [7, 11) is 0. The zero-order chi connectivity index (χ0) is 11.8. The Labute approximate surface area is 93.1 Å². The molecule has 0 unspecified atom stereocenters. The fourth-order valence-electron chi connectivity index (χ4n) is 0.956. The van der Waals surface area contributed by atoms with Crippen LogP contribution >= 0.6 is 0 Å². The molecule has 0 aliphatic heterocycles. The molecule has 0 radical (unpaired) electrons. The van der Waals surface area contributed by atoms with Crippen molar-refractivity contribution in [1.29, 1.82) is 0 Å². The van der Waals surface area contributed by atoms with Crippen molar-refractivity contribution in [2.24, 2.45) is 0 Å². The predicted molar refractivity (Wildman–Crippen MR) is 57.5 cm³/mol. The molecule has 16 heavy (non-hydrogen) atoms. The number of rotatable bonds is 4. The summed E-state index contributed by atoms with van der Waals surface area (Å²) < 4.78 is 4.64. The summed E-state index contributed by atoms with van der Waals surface area (Å²) >= 11 is 0. The molecule has 1 aromatic rings. The highest BCUT2D eigenvalue weighted by Gasteiger charge is 2.02. The van der Waals surface area contributed by atoms with Gasteiger partial charge in [-0.15, -0.1) is 0 Å². The molecule has 1 heterocycles. The molecule has 0 spiro atoms. The Morgan fingerprint density at radius 1 is 1.56 bits per heavy atom. The van der Waals surface area contributed by atoms with E-state index in [2.05, 4.69) is 15.0 Å². The van der Waals surface area contributed by atoms with Crippen molar-refractivity contribution in [2.75, 3.05) is 6.61 Å². The number of aromatic nitrogens is 1. The minimum Gasteiger partial charge on any atom is -0.463 e. The van der Waals surface area contributed by atoms with Gasteiger partial charge in [-0.2, -0.15) is 0 Å². The third kappa shape index (κ3) is 3.91. The first-order valence-electron chi connectivity index (χ1n) is 4.78. The van der Waals surface area contributed by atoms with Gasteiger partial charge in [-0.3, -0.25) is 9.78 Å². The molecule has 0 bridgehead atoms. The van der Waals surface area contributed by atoms with E-state index in [0.29, 0.717) is 12.2 Å². The van der Waals surface area contributed by atoms with Gasteiger partial charge in [0.1, 0.15) is 0 Å². The highest BCUT2D eigenvalue weighted by atomic mass is 16.5. The fraction of sp³-hybridized carbons (Fsp3) is 0.182. The van der Waals surface area contributed by atoms with E-state index in [1.54, 1.807) is 25.3 Å². The van der Waals surface area contributed by atoms with Gasteiger partial charge in [0.25, 0.3) is 5.91 Å². The average molecular weight is 220 g/mol. The lowest BCUT2D eigenvalue weighted by Gasteiger charge is -1.98. The summed E-state index contributed by atoms with van der Waals surface area (Å²) in [6, 6.07) is 3.28. The van der Waals surface area contributed by atoms with Crippen LogP contribution in [-0.4, -0.2) is 23.5 Å². The third-order valence-corrected chi connectivity index (χ3v) is 1.64. The molecule has 0 saturated carbocycles. The van der Waals surface area contributed by atoms with Gasteiger partial charge in [0.05, 0.1) is 12.2 Å². The van der Waals surface area contributed by atoms with Crippen LogP contribution in [0.4, 0.5) is 0 Å². The van der Waals surface area contributed by atoms with Gasteiger partial charge in [-0.05, 0) is 19.1 Å². The fourth-order valence-corrected chi connectivity index (χ4v) is 0.956. The minimum atomic E-state index is -0.492. The quantitative estimate of drug-likeness (QED) is 0.604. The highest BCUT2D eigenvalue weighted by molar-refractivity contribution is 5.95. The molecular weight excluding hydrogens is 208 g/mol. The maximum Gasteiger partial charge on any atom is 0.332 e. The Kier molecular flexibility index (Phi) is 4.72. The first-order valence-corrected chi connectivity index (χ1v) is 4.78. The van der Waals surface area contributed by atoms with Crippen LogP contribution in [0.15, 0.2) is 36.8 Å². The number of hydrogen-bond donors (Lipinski definition) is 1. The third-order valence-electron chi connectivity index (χ3n) is 1.64. The van der Waals surface area contributed by atoms with E-state index in [-0.39, 0.29) is 5.91 Å². The van der Waals surface area contributed by atoms with Crippen molar-refractivity contribution < 1.29 is 14.3 Å². The highest BCUT2D eigenvalue weighted by Crippen LogP contribution is 1.94. The number of nitrogens with one attached hydrogen (secondary N) is 1. The van der Waals surface area contributed by atoms with Crippen molar-refractivity contribution in [3.63, 3.8) is 0 Å². The molecule has 0 atom stereocenters. The number of pyridine rings is 1. The maximum atomic E-state index is 11.4. The number of esters is 1. The molecule has 1 amide bonds. The minimum absolute atomic E-state index is 0.305. The first kappa shape index (κ1) is 11.9. The molecule has 0 aromatic carbocycles. The van der Waals surface area contributed by atoms with Crippen molar-refractivity contribution in [2.45, 2.75) is 6.92 Å². The second-order valence-corrected chi connectivity index (χ2v) is 2.80. The van der Waals surface area contributed by atoms with Crippen LogP contribution in [-0.2, 0) is 9.53 Å². The predicted octanol–water partition coefficient (Wildman–Crippen LogP) is 0.888. The second-order valence-electron chi connectivity index (χ2n) is 2.80. The number of carbonyl (C=O) groups is 2. The van der Waals surface area contributed by atoms with Gasteiger partial charge >= 0.3 is 5.97 Å². The number of hydrogen-bond acceptors (Lipinski definition) is 4. The van der Waals surface area contributed by atoms with Crippen LogP contribution < -0.4 is 5.32 Å². The summed E-state index contributed by atoms with van der Waals surface area (Å²) in [6.45, 7) is 2.01. The Bertz CT molecular complexity index is 387. The Balaban J connectivity index is 2.45. The summed E-state index contributed by atoms with van der Waals surface area (Å²) in [5.41, 5.74) is 0.427. The second kappa shape index (κ2) is 6.34. The zero-order valence-corrected chi connectivity index (χ0v) is 8.84. The van der Waals surface area contributed by atoms with Crippen molar-refractivity contribution in [3.8, 4) is 0 Å². The number of amides is 1. The van der Waals surface area contributed by atoms with Crippen molar-refractivity contribution in [3.05, 3.63) is 42.4 Å². The van der Waals surface area contributed by atoms with Gasteiger partial charge in [-0.25, -0.2) is 4.79 Å². The Hall–Kier alpha value is -2.17. The van der Waals surface area contributed by atoms with Crippen LogP contribution in [0.25, 0.3) is 0 Å². The smallest absolute Gasteiger partial charge is 0.332 e. The number of nitrogens with zero attached hydrogens (tertiary/aromatic N) is 1. The molecule has 0 fully saturated rings. The zero-order valence-electron chi connectivity index (χ0n) is 8.84.